The maximum atomic E-state index is 5.04. The topological polar surface area (TPSA) is 43.6 Å². The predicted octanol–water partition coefficient (Wildman–Crippen LogP) is 11.4. The highest BCUT2D eigenvalue weighted by Gasteiger charge is 2.16. The van der Waals surface area contributed by atoms with Gasteiger partial charge in [-0.3, -0.25) is 0 Å². The average Bonchev–Trinajstić information content (AvgIpc) is 3.47. The molecule has 2 heterocycles. The molecule has 228 valence electrons. The molecule has 0 amide bonds. The van der Waals surface area contributed by atoms with Crippen LogP contribution < -0.4 is 0 Å². The van der Waals surface area contributed by atoms with Gasteiger partial charge in [-0.1, -0.05) is 115 Å². The molecule has 4 heteroatoms. The van der Waals surface area contributed by atoms with E-state index in [1.165, 1.54) is 48.7 Å². The lowest BCUT2D eigenvalue weighted by Gasteiger charge is -2.11. The molecule has 4 nitrogen and oxygen atoms in total. The fourth-order valence-corrected chi connectivity index (χ4v) is 7.10. The van der Waals surface area contributed by atoms with Crippen molar-refractivity contribution in [2.75, 3.05) is 0 Å². The van der Waals surface area contributed by atoms with Gasteiger partial charge in [0.2, 0.25) is 0 Å². The van der Waals surface area contributed by atoms with Gasteiger partial charge in [0.15, 0.2) is 17.5 Å². The first-order chi connectivity index (χ1) is 24.2. The molecule has 0 saturated heterocycles. The van der Waals surface area contributed by atoms with E-state index in [1.54, 1.807) is 0 Å². The van der Waals surface area contributed by atoms with Gasteiger partial charge < -0.3 is 4.57 Å². The van der Waals surface area contributed by atoms with E-state index in [1.807, 2.05) is 30.3 Å². The number of fused-ring (bicyclic) bond motifs is 6. The van der Waals surface area contributed by atoms with E-state index in [2.05, 4.69) is 144 Å². The van der Waals surface area contributed by atoms with Crippen LogP contribution in [0.15, 0.2) is 170 Å². The van der Waals surface area contributed by atoms with Gasteiger partial charge in [0.25, 0.3) is 0 Å². The summed E-state index contributed by atoms with van der Waals surface area (Å²) >= 11 is 0. The van der Waals surface area contributed by atoms with Gasteiger partial charge in [0, 0.05) is 33.2 Å². The van der Waals surface area contributed by atoms with Crippen LogP contribution in [-0.4, -0.2) is 19.5 Å². The second-order valence-corrected chi connectivity index (χ2v) is 12.5. The molecule has 10 rings (SSSR count). The minimum absolute atomic E-state index is 0.641. The van der Waals surface area contributed by atoms with E-state index in [-0.39, 0.29) is 0 Å². The lowest BCUT2D eigenvalue weighted by Crippen LogP contribution is -2.00. The summed E-state index contributed by atoms with van der Waals surface area (Å²) in [7, 11) is 0. The number of nitrogens with zero attached hydrogens (tertiary/aromatic N) is 4. The fraction of sp³-hybridized carbons (Fsp3) is 0. The molecular weight excluding hydrogens is 597 g/mol. The molecule has 10 aromatic rings. The summed E-state index contributed by atoms with van der Waals surface area (Å²) in [5, 5.41) is 9.75. The van der Waals surface area contributed by atoms with Crippen molar-refractivity contribution in [3.05, 3.63) is 170 Å². The number of benzene rings is 8. The third-order valence-corrected chi connectivity index (χ3v) is 9.56. The highest BCUT2D eigenvalue weighted by molar-refractivity contribution is 6.16. The third kappa shape index (κ3) is 4.65. The van der Waals surface area contributed by atoms with Crippen LogP contribution in [0, 0.1) is 0 Å². The average molecular weight is 625 g/mol. The lowest BCUT2D eigenvalue weighted by atomic mass is 10.0. The van der Waals surface area contributed by atoms with Crippen LogP contribution in [0.1, 0.15) is 0 Å². The SMILES string of the molecule is c1ccc(-c2nc(-c3ccc(-n4c5cc6ccccc6cc5c5cc6ccccc6cc54)cc3)nc(-c3ccc4ccccc4c3)n2)cc1. The molecule has 0 bridgehead atoms. The number of hydrogen-bond acceptors (Lipinski definition) is 3. The maximum absolute atomic E-state index is 5.04. The highest BCUT2D eigenvalue weighted by Crippen LogP contribution is 2.37. The van der Waals surface area contributed by atoms with Gasteiger partial charge >= 0.3 is 0 Å². The summed E-state index contributed by atoms with van der Waals surface area (Å²) in [6.07, 6.45) is 0. The van der Waals surface area contributed by atoms with E-state index in [9.17, 15) is 0 Å². The van der Waals surface area contributed by atoms with Gasteiger partial charge in [-0.2, -0.15) is 0 Å². The summed E-state index contributed by atoms with van der Waals surface area (Å²) in [4.78, 5) is 15.0. The highest BCUT2D eigenvalue weighted by atomic mass is 15.0. The van der Waals surface area contributed by atoms with E-state index in [0.717, 1.165) is 27.8 Å². The Hall–Kier alpha value is -6.65. The fourth-order valence-electron chi connectivity index (χ4n) is 7.10. The molecule has 8 aromatic carbocycles. The molecule has 2 aromatic heterocycles. The van der Waals surface area contributed by atoms with Crippen molar-refractivity contribution in [3.63, 3.8) is 0 Å². The Morgan fingerprint density at radius 3 is 1.27 bits per heavy atom. The first kappa shape index (κ1) is 27.5. The van der Waals surface area contributed by atoms with E-state index < -0.39 is 0 Å². The van der Waals surface area contributed by atoms with Crippen LogP contribution in [0.4, 0.5) is 0 Å². The van der Waals surface area contributed by atoms with Crippen molar-refractivity contribution < 1.29 is 0 Å². The van der Waals surface area contributed by atoms with Crippen LogP contribution in [0.5, 0.6) is 0 Å². The molecule has 0 radical (unpaired) electrons. The summed E-state index contributed by atoms with van der Waals surface area (Å²) in [6.45, 7) is 0. The predicted molar refractivity (Wildman–Crippen MR) is 203 cm³/mol. The zero-order valence-electron chi connectivity index (χ0n) is 26.5. The van der Waals surface area contributed by atoms with Crippen molar-refractivity contribution in [3.8, 4) is 39.9 Å². The Morgan fingerprint density at radius 1 is 0.306 bits per heavy atom. The zero-order chi connectivity index (χ0) is 32.3. The van der Waals surface area contributed by atoms with Gasteiger partial charge in [0.05, 0.1) is 11.0 Å². The number of hydrogen-bond donors (Lipinski definition) is 0. The first-order valence-electron chi connectivity index (χ1n) is 16.5. The minimum atomic E-state index is 0.641. The monoisotopic (exact) mass is 624 g/mol. The smallest absolute Gasteiger partial charge is 0.164 e. The number of aromatic nitrogens is 4. The second-order valence-electron chi connectivity index (χ2n) is 12.5. The van der Waals surface area contributed by atoms with Crippen molar-refractivity contribution in [1.82, 2.24) is 19.5 Å². The van der Waals surface area contributed by atoms with E-state index in [4.69, 9.17) is 15.0 Å². The first-order valence-corrected chi connectivity index (χ1v) is 16.5. The van der Waals surface area contributed by atoms with Gasteiger partial charge in [-0.05, 0) is 86.9 Å². The zero-order valence-corrected chi connectivity index (χ0v) is 26.5. The Bertz CT molecular complexity index is 2780. The van der Waals surface area contributed by atoms with Crippen LogP contribution in [0.25, 0.3) is 94.0 Å². The largest absolute Gasteiger partial charge is 0.309 e. The van der Waals surface area contributed by atoms with Crippen LogP contribution >= 0.6 is 0 Å². The maximum Gasteiger partial charge on any atom is 0.164 e. The van der Waals surface area contributed by atoms with Gasteiger partial charge in [0.1, 0.15) is 0 Å². The van der Waals surface area contributed by atoms with Crippen LogP contribution in [0.2, 0.25) is 0 Å². The molecule has 0 fully saturated rings. The Labute approximate surface area is 282 Å². The molecule has 0 aliphatic carbocycles. The van der Waals surface area contributed by atoms with Crippen molar-refractivity contribution in [2.45, 2.75) is 0 Å². The molecule has 0 aliphatic heterocycles. The van der Waals surface area contributed by atoms with Crippen molar-refractivity contribution in [2.24, 2.45) is 0 Å². The quantitative estimate of drug-likeness (QED) is 0.196. The molecule has 0 saturated carbocycles. The number of rotatable bonds is 4. The standard InChI is InChI=1S/C45H28N4/c1-2-11-30(12-3-1)43-46-44(48-45(47-43)37-19-18-29-10-4-5-13-32(29)24-37)31-20-22-38(23-21-31)49-41-27-35-16-8-6-14-33(35)25-39(41)40-26-34-15-7-9-17-36(34)28-42(40)49/h1-28H. The molecule has 49 heavy (non-hydrogen) atoms. The Kier molecular flexibility index (Phi) is 6.15. The third-order valence-electron chi connectivity index (χ3n) is 9.56. The summed E-state index contributed by atoms with van der Waals surface area (Å²) in [6, 6.07) is 60.0. The van der Waals surface area contributed by atoms with E-state index >= 15 is 0 Å². The lowest BCUT2D eigenvalue weighted by molar-refractivity contribution is 1.07. The molecule has 0 spiro atoms. The molecule has 0 atom stereocenters. The molecule has 0 N–H and O–H groups in total. The van der Waals surface area contributed by atoms with Crippen molar-refractivity contribution in [1.29, 1.82) is 0 Å². The van der Waals surface area contributed by atoms with Gasteiger partial charge in [-0.25, -0.2) is 15.0 Å². The summed E-state index contributed by atoms with van der Waals surface area (Å²) in [5.41, 5.74) is 6.29. The van der Waals surface area contributed by atoms with Crippen molar-refractivity contribution >= 4 is 54.1 Å². The Balaban J connectivity index is 1.15. The van der Waals surface area contributed by atoms with Crippen LogP contribution in [-0.2, 0) is 0 Å². The normalized spacial score (nSPS) is 11.7. The molecular formula is C45H28N4. The molecule has 0 aliphatic rings. The Morgan fingerprint density at radius 2 is 0.714 bits per heavy atom. The second kappa shape index (κ2) is 11.0. The summed E-state index contributed by atoms with van der Waals surface area (Å²) in [5.74, 6) is 1.95. The minimum Gasteiger partial charge on any atom is -0.309 e. The van der Waals surface area contributed by atoms with Gasteiger partial charge in [-0.15, -0.1) is 0 Å². The van der Waals surface area contributed by atoms with Crippen LogP contribution in [0.3, 0.4) is 0 Å². The van der Waals surface area contributed by atoms with E-state index in [0.29, 0.717) is 17.5 Å². The molecule has 0 unspecified atom stereocenters. The summed E-state index contributed by atoms with van der Waals surface area (Å²) < 4.78 is 2.39.